The lowest BCUT2D eigenvalue weighted by Crippen LogP contribution is -2.13. The average Bonchev–Trinajstić information content (AvgIpc) is 2.94. The fourth-order valence-electron chi connectivity index (χ4n) is 1.74. The van der Waals surface area contributed by atoms with Gasteiger partial charge in [0.25, 0.3) is 0 Å². The third-order valence-corrected chi connectivity index (χ3v) is 4.84. The van der Waals surface area contributed by atoms with Crippen molar-refractivity contribution in [2.24, 2.45) is 5.73 Å². The van der Waals surface area contributed by atoms with Crippen LogP contribution in [-0.2, 0) is 11.2 Å². The van der Waals surface area contributed by atoms with Gasteiger partial charge in [0.1, 0.15) is 5.01 Å². The summed E-state index contributed by atoms with van der Waals surface area (Å²) in [5.74, 6) is 0.890. The number of nitrogens with two attached hydrogens (primary N) is 1. The quantitative estimate of drug-likeness (QED) is 0.725. The molecule has 0 spiro atoms. The molecule has 1 heterocycles. The Morgan fingerprint density at radius 3 is 2.82 bits per heavy atom. The topological polar surface area (TPSA) is 80.9 Å². The summed E-state index contributed by atoms with van der Waals surface area (Å²) in [4.78, 5) is 12.8. The van der Waals surface area contributed by atoms with Crippen LogP contribution in [0.4, 0.5) is 5.13 Å². The van der Waals surface area contributed by atoms with E-state index in [9.17, 15) is 4.79 Å². The standard InChI is InChI=1S/C15H20N4OS2/c1-11-4-6-12(7-5-11)21-10-8-14-18-19-15(22-14)17-13(20)3-2-9-16/h4-7H,2-3,8-10,16H2,1H3,(H,17,19,20). The Bertz CT molecular complexity index is 598. The Kier molecular flexibility index (Phi) is 6.82. The van der Waals surface area contributed by atoms with E-state index in [4.69, 9.17) is 5.73 Å². The summed E-state index contributed by atoms with van der Waals surface area (Å²) >= 11 is 3.23. The summed E-state index contributed by atoms with van der Waals surface area (Å²) in [6.07, 6.45) is 1.95. The first-order valence-electron chi connectivity index (χ1n) is 7.19. The van der Waals surface area contributed by atoms with Gasteiger partial charge in [-0.2, -0.15) is 0 Å². The highest BCUT2D eigenvalue weighted by Gasteiger charge is 2.08. The first kappa shape index (κ1) is 16.9. The van der Waals surface area contributed by atoms with Crippen molar-refractivity contribution in [3.05, 3.63) is 34.8 Å². The van der Waals surface area contributed by atoms with Gasteiger partial charge in [0.15, 0.2) is 0 Å². The molecule has 2 aromatic rings. The molecule has 0 radical (unpaired) electrons. The zero-order chi connectivity index (χ0) is 15.8. The number of amides is 1. The van der Waals surface area contributed by atoms with Gasteiger partial charge in [-0.15, -0.1) is 22.0 Å². The fourth-order valence-corrected chi connectivity index (χ4v) is 3.48. The number of aromatic nitrogens is 2. The first-order chi connectivity index (χ1) is 10.7. The Morgan fingerprint density at radius 2 is 2.09 bits per heavy atom. The normalized spacial score (nSPS) is 10.6. The molecule has 22 heavy (non-hydrogen) atoms. The van der Waals surface area contributed by atoms with Crippen LogP contribution >= 0.6 is 23.1 Å². The largest absolute Gasteiger partial charge is 0.330 e. The molecule has 0 saturated carbocycles. The third kappa shape index (κ3) is 5.75. The Balaban J connectivity index is 1.74. The average molecular weight is 336 g/mol. The Hall–Kier alpha value is -1.44. The number of anilines is 1. The van der Waals surface area contributed by atoms with Crippen LogP contribution in [0.25, 0.3) is 0 Å². The Labute approximate surface area is 138 Å². The maximum absolute atomic E-state index is 11.6. The molecule has 0 atom stereocenters. The predicted molar refractivity (Wildman–Crippen MR) is 92.4 cm³/mol. The van der Waals surface area contributed by atoms with Gasteiger partial charge in [-0.3, -0.25) is 4.79 Å². The molecule has 0 aliphatic carbocycles. The van der Waals surface area contributed by atoms with Crippen molar-refractivity contribution in [1.29, 1.82) is 0 Å². The second-order valence-corrected chi connectivity index (χ2v) is 7.08. The number of rotatable bonds is 8. The van der Waals surface area contributed by atoms with Gasteiger partial charge in [-0.05, 0) is 32.0 Å². The molecule has 1 aromatic carbocycles. The number of hydrogen-bond donors (Lipinski definition) is 2. The van der Waals surface area contributed by atoms with Crippen LogP contribution in [0.3, 0.4) is 0 Å². The molecule has 7 heteroatoms. The van der Waals surface area contributed by atoms with E-state index >= 15 is 0 Å². The maximum atomic E-state index is 11.6. The number of aryl methyl sites for hydroxylation is 2. The van der Waals surface area contributed by atoms with E-state index in [1.165, 1.54) is 21.8 Å². The molecule has 0 aliphatic heterocycles. The highest BCUT2D eigenvalue weighted by Crippen LogP contribution is 2.22. The van der Waals surface area contributed by atoms with Gasteiger partial charge in [-0.1, -0.05) is 29.0 Å². The minimum atomic E-state index is -0.0535. The lowest BCUT2D eigenvalue weighted by Gasteiger charge is -2.00. The third-order valence-electron chi connectivity index (χ3n) is 2.93. The van der Waals surface area contributed by atoms with E-state index in [0.29, 0.717) is 24.5 Å². The number of nitrogens with zero attached hydrogens (tertiary/aromatic N) is 2. The SMILES string of the molecule is Cc1ccc(SCCc2nnc(NC(=O)CCCN)s2)cc1. The summed E-state index contributed by atoms with van der Waals surface area (Å²) in [5, 5.41) is 12.4. The minimum Gasteiger partial charge on any atom is -0.330 e. The van der Waals surface area contributed by atoms with Crippen LogP contribution in [0, 0.1) is 6.92 Å². The van der Waals surface area contributed by atoms with Crippen LogP contribution in [0.2, 0.25) is 0 Å². The number of hydrogen-bond acceptors (Lipinski definition) is 6. The van der Waals surface area contributed by atoms with Crippen LogP contribution in [-0.4, -0.2) is 28.4 Å². The molecule has 5 nitrogen and oxygen atoms in total. The molecule has 1 aromatic heterocycles. The predicted octanol–water partition coefficient (Wildman–Crippen LogP) is 2.86. The summed E-state index contributed by atoms with van der Waals surface area (Å²) in [7, 11) is 0. The molecule has 2 rings (SSSR count). The van der Waals surface area contributed by atoms with E-state index in [0.717, 1.165) is 17.2 Å². The van der Waals surface area contributed by atoms with Crippen molar-refractivity contribution in [2.45, 2.75) is 31.1 Å². The maximum Gasteiger partial charge on any atom is 0.226 e. The lowest BCUT2D eigenvalue weighted by atomic mass is 10.2. The van der Waals surface area contributed by atoms with Gasteiger partial charge in [0, 0.05) is 23.5 Å². The van der Waals surface area contributed by atoms with Crippen molar-refractivity contribution in [3.8, 4) is 0 Å². The molecule has 0 unspecified atom stereocenters. The van der Waals surface area contributed by atoms with Gasteiger partial charge >= 0.3 is 0 Å². The van der Waals surface area contributed by atoms with Crippen LogP contribution in [0.5, 0.6) is 0 Å². The first-order valence-corrected chi connectivity index (χ1v) is 8.99. The van der Waals surface area contributed by atoms with E-state index in [1.54, 1.807) is 11.8 Å². The summed E-state index contributed by atoms with van der Waals surface area (Å²) in [6, 6.07) is 8.48. The molecule has 118 valence electrons. The molecule has 0 bridgehead atoms. The van der Waals surface area contributed by atoms with Gasteiger partial charge in [0.2, 0.25) is 11.0 Å². The van der Waals surface area contributed by atoms with Gasteiger partial charge < -0.3 is 11.1 Å². The molecular formula is C15H20N4OS2. The summed E-state index contributed by atoms with van der Waals surface area (Å²) in [5.41, 5.74) is 6.64. The Morgan fingerprint density at radius 1 is 1.32 bits per heavy atom. The number of carbonyl (C=O) groups excluding carboxylic acids is 1. The van der Waals surface area contributed by atoms with Crippen molar-refractivity contribution < 1.29 is 4.79 Å². The van der Waals surface area contributed by atoms with Gasteiger partial charge in [-0.25, -0.2) is 0 Å². The molecule has 0 saturated heterocycles. The zero-order valence-electron chi connectivity index (χ0n) is 12.5. The smallest absolute Gasteiger partial charge is 0.226 e. The lowest BCUT2D eigenvalue weighted by molar-refractivity contribution is -0.116. The molecule has 3 N–H and O–H groups in total. The van der Waals surface area contributed by atoms with Crippen molar-refractivity contribution in [1.82, 2.24) is 10.2 Å². The highest BCUT2D eigenvalue weighted by atomic mass is 32.2. The summed E-state index contributed by atoms with van der Waals surface area (Å²) in [6.45, 7) is 2.60. The van der Waals surface area contributed by atoms with E-state index in [-0.39, 0.29) is 5.91 Å². The number of carbonyl (C=O) groups is 1. The van der Waals surface area contributed by atoms with E-state index < -0.39 is 0 Å². The second-order valence-electron chi connectivity index (χ2n) is 4.85. The molecule has 0 aliphatic rings. The zero-order valence-corrected chi connectivity index (χ0v) is 14.2. The second kappa shape index (κ2) is 8.87. The van der Waals surface area contributed by atoms with Crippen molar-refractivity contribution >= 4 is 34.1 Å². The number of thioether (sulfide) groups is 1. The monoisotopic (exact) mass is 336 g/mol. The highest BCUT2D eigenvalue weighted by molar-refractivity contribution is 7.99. The number of benzene rings is 1. The van der Waals surface area contributed by atoms with Crippen LogP contribution in [0.1, 0.15) is 23.4 Å². The van der Waals surface area contributed by atoms with Crippen LogP contribution < -0.4 is 11.1 Å². The number of nitrogens with one attached hydrogen (secondary N) is 1. The fraction of sp³-hybridized carbons (Fsp3) is 0.400. The van der Waals surface area contributed by atoms with E-state index in [1.807, 2.05) is 0 Å². The van der Waals surface area contributed by atoms with Crippen LogP contribution in [0.15, 0.2) is 29.2 Å². The minimum absolute atomic E-state index is 0.0535. The summed E-state index contributed by atoms with van der Waals surface area (Å²) < 4.78 is 0. The molecule has 0 fully saturated rings. The van der Waals surface area contributed by atoms with E-state index in [2.05, 4.69) is 46.7 Å². The van der Waals surface area contributed by atoms with Crippen molar-refractivity contribution in [2.75, 3.05) is 17.6 Å². The molecular weight excluding hydrogens is 316 g/mol. The molecule has 1 amide bonds. The van der Waals surface area contributed by atoms with Crippen molar-refractivity contribution in [3.63, 3.8) is 0 Å². The van der Waals surface area contributed by atoms with Gasteiger partial charge in [0.05, 0.1) is 0 Å².